The van der Waals surface area contributed by atoms with Crippen molar-refractivity contribution in [3.8, 4) is 0 Å². The molecule has 0 unspecified atom stereocenters. The van der Waals surface area contributed by atoms with Crippen LogP contribution in [0.15, 0.2) is 60.7 Å². The molecule has 1 saturated heterocycles. The van der Waals surface area contributed by atoms with E-state index < -0.39 is 0 Å². The third-order valence-corrected chi connectivity index (χ3v) is 6.17. The molecule has 0 spiro atoms. The zero-order valence-electron chi connectivity index (χ0n) is 18.1. The van der Waals surface area contributed by atoms with Crippen molar-refractivity contribution >= 4 is 6.03 Å². The van der Waals surface area contributed by atoms with Crippen molar-refractivity contribution in [2.75, 3.05) is 26.2 Å². The molecule has 2 aliphatic rings. The van der Waals surface area contributed by atoms with Gasteiger partial charge in [-0.15, -0.1) is 5.10 Å². The lowest BCUT2D eigenvalue weighted by molar-refractivity contribution is -0.00218. The molecule has 2 amide bonds. The van der Waals surface area contributed by atoms with Gasteiger partial charge >= 0.3 is 6.03 Å². The van der Waals surface area contributed by atoms with Crippen LogP contribution in [0.25, 0.3) is 0 Å². The van der Waals surface area contributed by atoms with Gasteiger partial charge in [0.2, 0.25) is 0 Å². The summed E-state index contributed by atoms with van der Waals surface area (Å²) in [5.74, 6) is 0. The SMILES string of the molecule is O=C(NCc1ccccc1)N1CCN(Cc2nnn3c2CO[C@H](c2ccccc2)C3)CC1. The van der Waals surface area contributed by atoms with Crippen LogP contribution in [0.1, 0.15) is 28.6 Å². The van der Waals surface area contributed by atoms with Gasteiger partial charge in [-0.3, -0.25) is 4.90 Å². The number of nitrogens with zero attached hydrogens (tertiary/aromatic N) is 5. The molecule has 3 aromatic rings. The second-order valence-electron chi connectivity index (χ2n) is 8.28. The van der Waals surface area contributed by atoms with Crippen LogP contribution in [0.4, 0.5) is 4.79 Å². The number of hydrogen-bond donors (Lipinski definition) is 1. The minimum Gasteiger partial charge on any atom is -0.365 e. The lowest BCUT2D eigenvalue weighted by Gasteiger charge is -2.34. The number of rotatable bonds is 5. The van der Waals surface area contributed by atoms with E-state index in [1.807, 2.05) is 58.1 Å². The standard InChI is InChI=1S/C24H28N6O2/c31-24(25-15-19-7-3-1-4-8-19)29-13-11-28(12-14-29)16-21-22-18-32-23(17-30(22)27-26-21)20-9-5-2-6-10-20/h1-10,23H,11-18H2,(H,25,31)/t23-/m0/s1. The first-order valence-corrected chi connectivity index (χ1v) is 11.1. The fourth-order valence-electron chi connectivity index (χ4n) is 4.26. The summed E-state index contributed by atoms with van der Waals surface area (Å²) in [5, 5.41) is 11.8. The summed E-state index contributed by atoms with van der Waals surface area (Å²) >= 11 is 0. The Morgan fingerprint density at radius 2 is 1.72 bits per heavy atom. The summed E-state index contributed by atoms with van der Waals surface area (Å²) in [5.41, 5.74) is 4.30. The topological polar surface area (TPSA) is 75.5 Å². The second-order valence-corrected chi connectivity index (χ2v) is 8.28. The zero-order chi connectivity index (χ0) is 21.8. The molecule has 0 radical (unpaired) electrons. The molecule has 0 saturated carbocycles. The Bertz CT molecular complexity index is 1030. The fraction of sp³-hybridized carbons (Fsp3) is 0.375. The lowest BCUT2D eigenvalue weighted by atomic mass is 10.1. The molecular weight excluding hydrogens is 404 g/mol. The maximum atomic E-state index is 12.5. The van der Waals surface area contributed by atoms with Crippen LogP contribution < -0.4 is 5.32 Å². The molecule has 8 heteroatoms. The van der Waals surface area contributed by atoms with Gasteiger partial charge in [-0.1, -0.05) is 65.9 Å². The highest BCUT2D eigenvalue weighted by molar-refractivity contribution is 5.74. The van der Waals surface area contributed by atoms with E-state index >= 15 is 0 Å². The monoisotopic (exact) mass is 432 g/mol. The molecule has 1 atom stereocenters. The molecule has 0 aliphatic carbocycles. The largest absolute Gasteiger partial charge is 0.365 e. The maximum Gasteiger partial charge on any atom is 0.317 e. The Kier molecular flexibility index (Phi) is 6.13. The highest BCUT2D eigenvalue weighted by Gasteiger charge is 2.27. The van der Waals surface area contributed by atoms with Gasteiger partial charge in [0.05, 0.1) is 18.8 Å². The number of piperazine rings is 1. The van der Waals surface area contributed by atoms with Gasteiger partial charge in [0.15, 0.2) is 0 Å². The molecule has 2 aromatic carbocycles. The van der Waals surface area contributed by atoms with Gasteiger partial charge in [0.25, 0.3) is 0 Å². The van der Waals surface area contributed by atoms with Crippen LogP contribution in [0, 0.1) is 0 Å². The molecule has 2 aliphatic heterocycles. The number of carbonyl (C=O) groups is 1. The van der Waals surface area contributed by atoms with E-state index in [-0.39, 0.29) is 12.1 Å². The van der Waals surface area contributed by atoms with E-state index in [1.54, 1.807) is 0 Å². The smallest absolute Gasteiger partial charge is 0.317 e. The van der Waals surface area contributed by atoms with E-state index in [9.17, 15) is 4.79 Å². The minimum atomic E-state index is -0.00473. The van der Waals surface area contributed by atoms with Gasteiger partial charge in [0.1, 0.15) is 11.8 Å². The average Bonchev–Trinajstić information content (AvgIpc) is 3.26. The number of benzene rings is 2. The van der Waals surface area contributed by atoms with E-state index in [0.29, 0.717) is 32.8 Å². The fourth-order valence-corrected chi connectivity index (χ4v) is 4.26. The van der Waals surface area contributed by atoms with Crippen LogP contribution in [0.2, 0.25) is 0 Å². The minimum absolute atomic E-state index is 0.00473. The molecule has 1 N–H and O–H groups in total. The van der Waals surface area contributed by atoms with Crippen LogP contribution in [0.3, 0.4) is 0 Å². The first kappa shape index (κ1) is 20.7. The maximum absolute atomic E-state index is 12.5. The molecule has 5 rings (SSSR count). The van der Waals surface area contributed by atoms with E-state index in [0.717, 1.165) is 42.1 Å². The van der Waals surface area contributed by atoms with Crippen molar-refractivity contribution in [3.63, 3.8) is 0 Å². The van der Waals surface area contributed by atoms with Crippen molar-refractivity contribution in [2.45, 2.75) is 32.3 Å². The Balaban J connectivity index is 1.11. The van der Waals surface area contributed by atoms with Crippen molar-refractivity contribution in [3.05, 3.63) is 83.2 Å². The number of aromatic nitrogens is 3. The number of ether oxygens (including phenoxy) is 1. The number of fused-ring (bicyclic) bond motifs is 1. The first-order valence-electron chi connectivity index (χ1n) is 11.1. The lowest BCUT2D eigenvalue weighted by Crippen LogP contribution is -2.51. The Labute approximate surface area is 187 Å². The van der Waals surface area contributed by atoms with Crippen LogP contribution >= 0.6 is 0 Å². The molecule has 3 heterocycles. The molecule has 166 valence electrons. The summed E-state index contributed by atoms with van der Waals surface area (Å²) in [6.07, 6.45) is 0.0104. The quantitative estimate of drug-likeness (QED) is 0.671. The van der Waals surface area contributed by atoms with E-state index in [1.165, 1.54) is 0 Å². The van der Waals surface area contributed by atoms with Crippen LogP contribution in [-0.4, -0.2) is 57.0 Å². The molecule has 1 fully saturated rings. The van der Waals surface area contributed by atoms with Gasteiger partial charge in [-0.25, -0.2) is 9.48 Å². The van der Waals surface area contributed by atoms with Crippen molar-refractivity contribution in [2.24, 2.45) is 0 Å². The summed E-state index contributed by atoms with van der Waals surface area (Å²) in [4.78, 5) is 16.7. The Morgan fingerprint density at radius 3 is 2.47 bits per heavy atom. The predicted molar refractivity (Wildman–Crippen MR) is 120 cm³/mol. The summed E-state index contributed by atoms with van der Waals surface area (Å²) in [7, 11) is 0. The summed E-state index contributed by atoms with van der Waals surface area (Å²) < 4.78 is 8.09. The molecular formula is C24H28N6O2. The average molecular weight is 433 g/mol. The number of amides is 2. The highest BCUT2D eigenvalue weighted by Crippen LogP contribution is 2.27. The van der Waals surface area contributed by atoms with Crippen LogP contribution in [-0.2, 0) is 31.0 Å². The predicted octanol–water partition coefficient (Wildman–Crippen LogP) is 2.58. The third kappa shape index (κ3) is 4.66. The van der Waals surface area contributed by atoms with Crippen molar-refractivity contribution in [1.29, 1.82) is 0 Å². The van der Waals surface area contributed by atoms with Gasteiger partial charge in [-0.05, 0) is 11.1 Å². The molecule has 0 bridgehead atoms. The molecule has 32 heavy (non-hydrogen) atoms. The highest BCUT2D eigenvalue weighted by atomic mass is 16.5. The molecule has 8 nitrogen and oxygen atoms in total. The van der Waals surface area contributed by atoms with E-state index in [2.05, 4.69) is 32.7 Å². The van der Waals surface area contributed by atoms with Crippen LogP contribution in [0.5, 0.6) is 0 Å². The first-order chi connectivity index (χ1) is 15.8. The van der Waals surface area contributed by atoms with Gasteiger partial charge < -0.3 is 15.0 Å². The number of carbonyl (C=O) groups excluding carboxylic acids is 1. The Morgan fingerprint density at radius 1 is 1.00 bits per heavy atom. The Hall–Kier alpha value is -3.23. The number of hydrogen-bond acceptors (Lipinski definition) is 5. The third-order valence-electron chi connectivity index (χ3n) is 6.17. The molecule has 1 aromatic heterocycles. The summed E-state index contributed by atoms with van der Waals surface area (Å²) in [6.45, 7) is 5.53. The van der Waals surface area contributed by atoms with E-state index in [4.69, 9.17) is 4.74 Å². The van der Waals surface area contributed by atoms with Gasteiger partial charge in [-0.2, -0.15) is 0 Å². The number of urea groups is 1. The zero-order valence-corrected chi connectivity index (χ0v) is 18.1. The summed E-state index contributed by atoms with van der Waals surface area (Å²) in [6, 6.07) is 20.2. The number of nitrogens with one attached hydrogen (secondary N) is 1. The van der Waals surface area contributed by atoms with Gasteiger partial charge in [0, 0.05) is 39.3 Å². The second kappa shape index (κ2) is 9.50. The normalized spacial score (nSPS) is 18.9. The van der Waals surface area contributed by atoms with Crippen molar-refractivity contribution in [1.82, 2.24) is 30.1 Å². The van der Waals surface area contributed by atoms with Crippen molar-refractivity contribution < 1.29 is 9.53 Å².